The molecule has 0 aliphatic heterocycles. The highest BCUT2D eigenvalue weighted by Gasteiger charge is 1.88. The first-order valence-electron chi connectivity index (χ1n) is 4.28. The summed E-state index contributed by atoms with van der Waals surface area (Å²) in [5.41, 5.74) is 1.23. The maximum absolute atomic E-state index is 3.38. The second kappa shape index (κ2) is 6.29. The number of para-hydroxylation sites is 1. The van der Waals surface area contributed by atoms with E-state index in [-0.39, 0.29) is 0 Å². The van der Waals surface area contributed by atoms with Crippen LogP contribution in [0.4, 0.5) is 5.69 Å². The Hall–Kier alpha value is -0.250. The van der Waals surface area contributed by atoms with Crippen molar-refractivity contribution in [3.8, 4) is 0 Å². The third-order valence-corrected chi connectivity index (χ3v) is 2.43. The van der Waals surface area contributed by atoms with E-state index in [4.69, 9.17) is 0 Å². The molecule has 0 radical (unpaired) electrons. The van der Waals surface area contributed by atoms with Crippen LogP contribution in [0, 0.1) is 0 Å². The Balaban J connectivity index is 2.16. The van der Waals surface area contributed by atoms with E-state index >= 15 is 0 Å². The molecule has 0 saturated heterocycles. The molecule has 1 rings (SSSR count). The molecule has 0 spiro atoms. The number of nitrogens with one attached hydrogen (secondary N) is 1. The van der Waals surface area contributed by atoms with Gasteiger partial charge in [0, 0.05) is 12.2 Å². The van der Waals surface area contributed by atoms with E-state index in [0.29, 0.717) is 0 Å². The number of hydrogen-bond donors (Lipinski definition) is 1. The van der Waals surface area contributed by atoms with Crippen molar-refractivity contribution in [3.05, 3.63) is 30.3 Å². The molecule has 0 saturated carbocycles. The van der Waals surface area contributed by atoms with Gasteiger partial charge in [0.1, 0.15) is 0 Å². The van der Waals surface area contributed by atoms with Gasteiger partial charge in [0.05, 0.1) is 0 Å². The average Bonchev–Trinajstić information content (AvgIpc) is 2.14. The van der Waals surface area contributed by atoms with Gasteiger partial charge >= 0.3 is 0 Å². The summed E-state index contributed by atoms with van der Waals surface area (Å²) in [4.78, 5) is 0. The van der Waals surface area contributed by atoms with E-state index in [9.17, 15) is 0 Å². The standard InChI is InChI=1S/C10H14IN/c11-8-4-5-9-12-10-6-2-1-3-7-10/h1-3,6-7,12H,4-5,8-9H2. The van der Waals surface area contributed by atoms with Gasteiger partial charge in [0.25, 0.3) is 0 Å². The van der Waals surface area contributed by atoms with Gasteiger partial charge in [-0.25, -0.2) is 0 Å². The summed E-state index contributed by atoms with van der Waals surface area (Å²) in [5.74, 6) is 0. The van der Waals surface area contributed by atoms with Crippen LogP contribution >= 0.6 is 22.6 Å². The van der Waals surface area contributed by atoms with Crippen LogP contribution in [0.3, 0.4) is 0 Å². The number of anilines is 1. The summed E-state index contributed by atoms with van der Waals surface area (Å²) in [5, 5.41) is 3.38. The van der Waals surface area contributed by atoms with Crippen molar-refractivity contribution in [1.29, 1.82) is 0 Å². The molecule has 0 fully saturated rings. The van der Waals surface area contributed by atoms with Gasteiger partial charge in [-0.3, -0.25) is 0 Å². The second-order valence-corrected chi connectivity index (χ2v) is 3.77. The number of benzene rings is 1. The molecular formula is C10H14IN. The van der Waals surface area contributed by atoms with E-state index in [1.54, 1.807) is 0 Å². The highest BCUT2D eigenvalue weighted by molar-refractivity contribution is 14.1. The smallest absolute Gasteiger partial charge is 0.0340 e. The first-order valence-corrected chi connectivity index (χ1v) is 5.81. The maximum atomic E-state index is 3.38. The largest absolute Gasteiger partial charge is 0.385 e. The molecule has 0 aliphatic rings. The topological polar surface area (TPSA) is 12.0 Å². The highest BCUT2D eigenvalue weighted by Crippen LogP contribution is 2.05. The number of halogens is 1. The third kappa shape index (κ3) is 3.95. The quantitative estimate of drug-likeness (QED) is 0.494. The van der Waals surface area contributed by atoms with Gasteiger partial charge in [-0.05, 0) is 29.4 Å². The van der Waals surface area contributed by atoms with Crippen molar-refractivity contribution in [2.75, 3.05) is 16.3 Å². The number of unbranched alkanes of at least 4 members (excludes halogenated alkanes) is 1. The van der Waals surface area contributed by atoms with Gasteiger partial charge < -0.3 is 5.32 Å². The average molecular weight is 275 g/mol. The Labute approximate surface area is 87.7 Å². The Morgan fingerprint density at radius 2 is 1.83 bits per heavy atom. The summed E-state index contributed by atoms with van der Waals surface area (Å²) in [6.45, 7) is 1.09. The van der Waals surface area contributed by atoms with Crippen LogP contribution < -0.4 is 5.32 Å². The Kier molecular flexibility index (Phi) is 5.15. The highest BCUT2D eigenvalue weighted by atomic mass is 127. The summed E-state index contributed by atoms with van der Waals surface area (Å²) < 4.78 is 1.26. The van der Waals surface area contributed by atoms with Crippen LogP contribution in [0.1, 0.15) is 12.8 Å². The number of hydrogen-bond acceptors (Lipinski definition) is 1. The summed E-state index contributed by atoms with van der Waals surface area (Å²) in [6.07, 6.45) is 2.57. The molecule has 2 heteroatoms. The molecule has 0 bridgehead atoms. The molecule has 66 valence electrons. The van der Waals surface area contributed by atoms with Gasteiger partial charge in [-0.1, -0.05) is 40.8 Å². The van der Waals surface area contributed by atoms with Gasteiger partial charge in [-0.15, -0.1) is 0 Å². The fourth-order valence-corrected chi connectivity index (χ4v) is 1.55. The molecular weight excluding hydrogens is 261 g/mol. The van der Waals surface area contributed by atoms with Crippen LogP contribution in [0.5, 0.6) is 0 Å². The van der Waals surface area contributed by atoms with Crippen LogP contribution in [-0.2, 0) is 0 Å². The van der Waals surface area contributed by atoms with E-state index in [1.807, 2.05) is 6.07 Å². The Morgan fingerprint density at radius 1 is 1.08 bits per heavy atom. The van der Waals surface area contributed by atoms with Crippen molar-refractivity contribution in [1.82, 2.24) is 0 Å². The molecule has 0 aliphatic carbocycles. The predicted octanol–water partition coefficient (Wildman–Crippen LogP) is 3.31. The molecule has 0 unspecified atom stereocenters. The van der Waals surface area contributed by atoms with Crippen molar-refractivity contribution < 1.29 is 0 Å². The van der Waals surface area contributed by atoms with Crippen molar-refractivity contribution in [2.24, 2.45) is 0 Å². The zero-order chi connectivity index (χ0) is 8.65. The van der Waals surface area contributed by atoms with E-state index in [0.717, 1.165) is 6.54 Å². The zero-order valence-corrected chi connectivity index (χ0v) is 9.25. The number of rotatable bonds is 5. The summed E-state index contributed by atoms with van der Waals surface area (Å²) in [7, 11) is 0. The van der Waals surface area contributed by atoms with E-state index in [1.165, 1.54) is 23.0 Å². The Bertz CT molecular complexity index is 198. The number of alkyl halides is 1. The van der Waals surface area contributed by atoms with Crippen LogP contribution in [0.15, 0.2) is 30.3 Å². The molecule has 1 aromatic rings. The summed E-state index contributed by atoms with van der Waals surface area (Å²) in [6, 6.07) is 10.4. The Morgan fingerprint density at radius 3 is 2.50 bits per heavy atom. The second-order valence-electron chi connectivity index (χ2n) is 2.69. The minimum absolute atomic E-state index is 1.09. The molecule has 0 aromatic heterocycles. The molecule has 1 nitrogen and oxygen atoms in total. The minimum atomic E-state index is 1.09. The lowest BCUT2D eigenvalue weighted by Crippen LogP contribution is -2.00. The van der Waals surface area contributed by atoms with Crippen molar-refractivity contribution in [2.45, 2.75) is 12.8 Å². The fraction of sp³-hybridized carbons (Fsp3) is 0.400. The molecule has 12 heavy (non-hydrogen) atoms. The van der Waals surface area contributed by atoms with Crippen LogP contribution in [0.25, 0.3) is 0 Å². The van der Waals surface area contributed by atoms with Crippen molar-refractivity contribution >= 4 is 28.3 Å². The van der Waals surface area contributed by atoms with Gasteiger partial charge in [0.15, 0.2) is 0 Å². The van der Waals surface area contributed by atoms with Gasteiger partial charge in [-0.2, -0.15) is 0 Å². The predicted molar refractivity (Wildman–Crippen MR) is 63.1 cm³/mol. The van der Waals surface area contributed by atoms with E-state index < -0.39 is 0 Å². The first-order chi connectivity index (χ1) is 5.93. The lowest BCUT2D eigenvalue weighted by molar-refractivity contribution is 0.851. The normalized spacial score (nSPS) is 9.75. The van der Waals surface area contributed by atoms with Gasteiger partial charge in [0.2, 0.25) is 0 Å². The molecule has 0 amide bonds. The van der Waals surface area contributed by atoms with Crippen LogP contribution in [-0.4, -0.2) is 11.0 Å². The summed E-state index contributed by atoms with van der Waals surface area (Å²) >= 11 is 2.41. The molecule has 1 N–H and O–H groups in total. The fourth-order valence-electron chi connectivity index (χ4n) is 1.01. The molecule has 1 aromatic carbocycles. The molecule has 0 heterocycles. The monoisotopic (exact) mass is 275 g/mol. The van der Waals surface area contributed by atoms with E-state index in [2.05, 4.69) is 52.2 Å². The first kappa shape index (κ1) is 9.84. The lowest BCUT2D eigenvalue weighted by atomic mass is 10.3. The van der Waals surface area contributed by atoms with Crippen molar-refractivity contribution in [3.63, 3.8) is 0 Å². The lowest BCUT2D eigenvalue weighted by Gasteiger charge is -2.04. The maximum Gasteiger partial charge on any atom is 0.0340 e. The third-order valence-electron chi connectivity index (χ3n) is 1.66. The zero-order valence-electron chi connectivity index (χ0n) is 7.09. The molecule has 0 atom stereocenters. The van der Waals surface area contributed by atoms with Crippen LogP contribution in [0.2, 0.25) is 0 Å². The SMILES string of the molecule is ICCCCNc1ccccc1. The minimum Gasteiger partial charge on any atom is -0.385 e.